The van der Waals surface area contributed by atoms with E-state index in [4.69, 9.17) is 92.0 Å². The van der Waals surface area contributed by atoms with Crippen LogP contribution in [-0.4, -0.2) is 49.8 Å². The van der Waals surface area contributed by atoms with Gasteiger partial charge in [0, 0.05) is 0 Å². The van der Waals surface area contributed by atoms with Crippen LogP contribution in [0.25, 0.3) is 0 Å². The van der Waals surface area contributed by atoms with Crippen molar-refractivity contribution in [3.63, 3.8) is 0 Å². The van der Waals surface area contributed by atoms with Gasteiger partial charge in [-0.2, -0.15) is 0 Å². The molecule has 0 aromatic carbocycles. The van der Waals surface area contributed by atoms with E-state index in [1.54, 1.807) is 0 Å². The van der Waals surface area contributed by atoms with Crippen LogP contribution in [0.1, 0.15) is 0 Å². The van der Waals surface area contributed by atoms with E-state index in [0.717, 1.165) is 14.2 Å². The maximum Gasteiger partial charge on any atom is 0.274 e. The average molecular weight is 399 g/mol. The molecule has 0 aromatic rings. The Bertz CT molecular complexity index is 231. The molecule has 93 valence electrons. The van der Waals surface area contributed by atoms with Crippen molar-refractivity contribution in [3.8, 4) is 0 Å². The van der Waals surface area contributed by atoms with Gasteiger partial charge in [0.1, 0.15) is 4.74 Å². The molecular formula is C2H5B8Cl8. The predicted molar refractivity (Wildman–Crippen MR) is 105 cm³/mol. The minimum Gasteiger partial charge on any atom is -0.216 e. The summed E-state index contributed by atoms with van der Waals surface area (Å²) in [5.74, 6) is -2.89. The molecule has 0 aliphatic heterocycles. The van der Waals surface area contributed by atoms with Crippen LogP contribution in [0.3, 0.4) is 0 Å². The Morgan fingerprint density at radius 3 is 1.61 bits per heavy atom. The zero-order valence-electron chi connectivity index (χ0n) is 9.40. The van der Waals surface area contributed by atoms with Crippen molar-refractivity contribution in [2.75, 3.05) is 0 Å². The largest absolute Gasteiger partial charge is 0.274 e. The van der Waals surface area contributed by atoms with Crippen molar-refractivity contribution in [1.29, 1.82) is 0 Å². The Balaban J connectivity index is 4.52. The summed E-state index contributed by atoms with van der Waals surface area (Å²) in [4.78, 5) is 0. The molecule has 0 rings (SSSR count). The Morgan fingerprint density at radius 1 is 0.778 bits per heavy atom. The SMILES string of the molecule is CBBB(Cl)B(Cl)B(Cl)B(Cl)B(Cl)B(Cl)[C](Cl)Cl. The lowest BCUT2D eigenvalue weighted by Gasteiger charge is -2.19. The highest BCUT2D eigenvalue weighted by atomic mass is 35.5. The summed E-state index contributed by atoms with van der Waals surface area (Å²) in [7, 11) is 1.64. The van der Waals surface area contributed by atoms with Gasteiger partial charge in [-0.1, -0.05) is 6.82 Å². The van der Waals surface area contributed by atoms with Gasteiger partial charge in [0.15, 0.2) is 5.91 Å². The molecule has 0 bridgehead atoms. The second-order valence-electron chi connectivity index (χ2n) is 3.77. The molecule has 0 atom stereocenters. The zero-order chi connectivity index (χ0) is 14.5. The minimum atomic E-state index is -0.803. The van der Waals surface area contributed by atoms with Crippen molar-refractivity contribution < 1.29 is 0 Å². The highest BCUT2D eigenvalue weighted by Gasteiger charge is 2.49. The lowest BCUT2D eigenvalue weighted by Crippen LogP contribution is -2.57. The molecule has 0 heterocycles. The molecule has 0 aliphatic rings. The fourth-order valence-corrected chi connectivity index (χ4v) is 3.70. The van der Waals surface area contributed by atoms with E-state index in [9.17, 15) is 0 Å². The molecule has 1 radical (unpaired) electrons. The quantitative estimate of drug-likeness (QED) is 0.551. The normalized spacial score (nSPS) is 9.89. The van der Waals surface area contributed by atoms with E-state index < -0.39 is 29.7 Å². The van der Waals surface area contributed by atoms with Crippen molar-refractivity contribution in [2.45, 2.75) is 6.82 Å². The Morgan fingerprint density at radius 2 is 1.22 bits per heavy atom. The third kappa shape index (κ3) is 6.73. The Kier molecular flexibility index (Phi) is 12.2. The fraction of sp³-hybridized carbons (Fsp3) is 0.500. The summed E-state index contributed by atoms with van der Waals surface area (Å²) in [6.45, 7) is 2.00. The standard InChI is InChI=1S/C2H5B8Cl8/c1-3-4-6(14)8(16)10(18)9(17)7(15)5(13)2(11)12/h3-4H,1H3. The summed E-state index contributed by atoms with van der Waals surface area (Å²) >= 11 is 47.7. The molecule has 16 heteroatoms. The number of hydrogen-bond donors (Lipinski definition) is 0. The molecule has 0 aliphatic carbocycles. The van der Waals surface area contributed by atoms with Crippen molar-refractivity contribution in [1.82, 2.24) is 0 Å². The molecule has 0 nitrogen and oxygen atoms in total. The van der Waals surface area contributed by atoms with Gasteiger partial charge in [0.25, 0.3) is 6.02 Å². The monoisotopic (exact) mass is 397 g/mol. The summed E-state index contributed by atoms with van der Waals surface area (Å²) in [6.07, 6.45) is 0. The lowest BCUT2D eigenvalue weighted by atomic mass is 8.88. The van der Waals surface area contributed by atoms with Crippen LogP contribution in [0.2, 0.25) is 6.82 Å². The average Bonchev–Trinajstić information content (AvgIpc) is 2.34. The highest BCUT2D eigenvalue weighted by Crippen LogP contribution is 2.26. The van der Waals surface area contributed by atoms with Crippen LogP contribution in [0.15, 0.2) is 0 Å². The molecule has 0 unspecified atom stereocenters. The van der Waals surface area contributed by atoms with Crippen molar-refractivity contribution in [2.24, 2.45) is 0 Å². The molecule has 0 saturated heterocycles. The van der Waals surface area contributed by atoms with Crippen LogP contribution in [0.4, 0.5) is 0 Å². The third-order valence-electron chi connectivity index (χ3n) is 2.31. The van der Waals surface area contributed by atoms with Gasteiger partial charge < -0.3 is 0 Å². The van der Waals surface area contributed by atoms with Crippen LogP contribution >= 0.6 is 92.0 Å². The van der Waals surface area contributed by atoms with E-state index in [1.165, 1.54) is 0 Å². The topological polar surface area (TPSA) is 0 Å². The van der Waals surface area contributed by atoms with Crippen molar-refractivity contribution in [3.05, 3.63) is 4.74 Å². The van der Waals surface area contributed by atoms with Gasteiger partial charge in [-0.3, -0.25) is 0 Å². The van der Waals surface area contributed by atoms with Gasteiger partial charge in [0.05, 0.1) is 14.2 Å². The van der Waals surface area contributed by atoms with E-state index in [0.29, 0.717) is 0 Å². The first-order valence-corrected chi connectivity index (χ1v) is 8.63. The van der Waals surface area contributed by atoms with Crippen LogP contribution in [0.5, 0.6) is 0 Å². The molecule has 0 fully saturated rings. The van der Waals surface area contributed by atoms with E-state index in [1.807, 2.05) is 6.82 Å². The summed E-state index contributed by atoms with van der Waals surface area (Å²) in [5, 5.41) is 0. The molecule has 18 heavy (non-hydrogen) atoms. The molecule has 0 amide bonds. The van der Waals surface area contributed by atoms with Gasteiger partial charge in [-0.25, -0.2) is 68.8 Å². The maximum absolute atomic E-state index is 6.17. The van der Waals surface area contributed by atoms with Crippen LogP contribution in [-0.2, 0) is 0 Å². The molecule has 0 N–H and O–H groups in total. The first kappa shape index (κ1) is 20.8. The predicted octanol–water partition coefficient (Wildman–Crippen LogP) is 2.60. The van der Waals surface area contributed by atoms with E-state index in [2.05, 4.69) is 0 Å². The van der Waals surface area contributed by atoms with Crippen molar-refractivity contribution >= 4 is 142 Å². The van der Waals surface area contributed by atoms with Gasteiger partial charge in [-0.15, -0.1) is 23.2 Å². The molecular weight excluding hydrogens is 394 g/mol. The second kappa shape index (κ2) is 10.5. The number of halogens is 8. The third-order valence-corrected chi connectivity index (χ3v) is 6.81. The maximum atomic E-state index is 6.17. The Hall–Kier alpha value is 2.84. The number of rotatable bonds is 8. The zero-order valence-corrected chi connectivity index (χ0v) is 15.4. The summed E-state index contributed by atoms with van der Waals surface area (Å²) in [5.41, 5.74) is 0. The minimum absolute atomic E-state index is 0.0618. The number of hydrogen-bond acceptors (Lipinski definition) is 0. The second-order valence-corrected chi connectivity index (χ2v) is 7.83. The first-order chi connectivity index (χ1) is 8.23. The summed E-state index contributed by atoms with van der Waals surface area (Å²) < 4.78 is -0.0618. The highest BCUT2D eigenvalue weighted by molar-refractivity contribution is 8.07. The molecule has 0 aromatic heterocycles. The fourth-order valence-electron chi connectivity index (χ4n) is 1.27. The van der Waals surface area contributed by atoms with Gasteiger partial charge in [-0.05, 0) is 0 Å². The first-order valence-electron chi connectivity index (χ1n) is 5.26. The molecule has 0 saturated carbocycles. The Labute approximate surface area is 152 Å². The van der Waals surface area contributed by atoms with E-state index >= 15 is 0 Å². The van der Waals surface area contributed by atoms with Gasteiger partial charge in [0.2, 0.25) is 23.6 Å². The van der Waals surface area contributed by atoms with Crippen LogP contribution < -0.4 is 0 Å². The summed E-state index contributed by atoms with van der Waals surface area (Å²) in [6, 6.07) is -0.803. The van der Waals surface area contributed by atoms with Crippen LogP contribution in [0, 0.1) is 4.74 Å². The molecule has 0 spiro atoms. The smallest absolute Gasteiger partial charge is 0.216 e. The van der Waals surface area contributed by atoms with E-state index in [-0.39, 0.29) is 10.6 Å². The van der Waals surface area contributed by atoms with Gasteiger partial charge >= 0.3 is 0 Å². The lowest BCUT2D eigenvalue weighted by molar-refractivity contribution is 2.32.